The van der Waals surface area contributed by atoms with Gasteiger partial charge < -0.3 is 15.0 Å². The van der Waals surface area contributed by atoms with Crippen LogP contribution >= 0.6 is 0 Å². The minimum absolute atomic E-state index is 0.0111. The number of nitrogens with zero attached hydrogens (tertiary/aromatic N) is 1. The van der Waals surface area contributed by atoms with Gasteiger partial charge in [0, 0.05) is 19.0 Å². The van der Waals surface area contributed by atoms with Gasteiger partial charge in [-0.2, -0.15) is 0 Å². The number of carbonyl (C=O) groups is 1. The molecule has 1 heterocycles. The van der Waals surface area contributed by atoms with Gasteiger partial charge >= 0.3 is 5.97 Å². The first-order valence-corrected chi connectivity index (χ1v) is 7.70. The molecule has 1 aromatic heterocycles. The second kappa shape index (κ2) is 5.90. The molecule has 0 aromatic carbocycles. The van der Waals surface area contributed by atoms with E-state index < -0.39 is 15.8 Å². The Morgan fingerprint density at radius 3 is 2.72 bits per heavy atom. The van der Waals surface area contributed by atoms with Crippen LogP contribution in [0.5, 0.6) is 0 Å². The van der Waals surface area contributed by atoms with Gasteiger partial charge in [-0.1, -0.05) is 0 Å². The average Bonchev–Trinajstić information content (AvgIpc) is 2.64. The standard InChI is InChI=1S/C11H18N2O4S/c1-3-13-8-9(12)7-10(13)11(14)17-5-4-6-18(2,15)16/h7-8H,3-6,12H2,1-2H3. The fourth-order valence-corrected chi connectivity index (χ4v) is 2.17. The zero-order valence-electron chi connectivity index (χ0n) is 10.5. The summed E-state index contributed by atoms with van der Waals surface area (Å²) in [6.07, 6.45) is 3.11. The largest absolute Gasteiger partial charge is 0.461 e. The Balaban J connectivity index is 2.50. The highest BCUT2D eigenvalue weighted by Gasteiger charge is 2.13. The van der Waals surface area contributed by atoms with Crippen LogP contribution in [0.1, 0.15) is 23.8 Å². The third-order valence-corrected chi connectivity index (χ3v) is 3.39. The summed E-state index contributed by atoms with van der Waals surface area (Å²) >= 11 is 0. The molecule has 0 fully saturated rings. The maximum atomic E-state index is 11.7. The Morgan fingerprint density at radius 2 is 2.17 bits per heavy atom. The first-order chi connectivity index (χ1) is 8.33. The SMILES string of the molecule is CCn1cc(N)cc1C(=O)OCCCS(C)(=O)=O. The van der Waals surface area contributed by atoms with Crippen LogP contribution in [-0.2, 0) is 21.1 Å². The smallest absolute Gasteiger partial charge is 0.355 e. The minimum atomic E-state index is -3.01. The van der Waals surface area contributed by atoms with E-state index in [1.165, 1.54) is 0 Å². The summed E-state index contributed by atoms with van der Waals surface area (Å²) in [6, 6.07) is 1.54. The molecule has 0 saturated heterocycles. The van der Waals surface area contributed by atoms with E-state index in [0.29, 0.717) is 24.3 Å². The quantitative estimate of drug-likeness (QED) is 0.608. The van der Waals surface area contributed by atoms with Gasteiger partial charge in [-0.3, -0.25) is 0 Å². The van der Waals surface area contributed by atoms with Crippen molar-refractivity contribution in [2.45, 2.75) is 19.9 Å². The van der Waals surface area contributed by atoms with Crippen LogP contribution in [0.15, 0.2) is 12.3 Å². The van der Waals surface area contributed by atoms with Crippen LogP contribution in [0.2, 0.25) is 0 Å². The summed E-state index contributed by atoms with van der Waals surface area (Å²) in [5, 5.41) is 0. The molecule has 102 valence electrons. The first-order valence-electron chi connectivity index (χ1n) is 5.64. The Hall–Kier alpha value is -1.50. The van der Waals surface area contributed by atoms with Gasteiger partial charge in [0.05, 0.1) is 18.0 Å². The molecule has 1 aromatic rings. The summed E-state index contributed by atoms with van der Waals surface area (Å²) in [5.74, 6) is -0.473. The van der Waals surface area contributed by atoms with E-state index in [1.54, 1.807) is 16.8 Å². The van der Waals surface area contributed by atoms with E-state index in [4.69, 9.17) is 10.5 Å². The number of hydrogen-bond donors (Lipinski definition) is 1. The number of hydrogen-bond acceptors (Lipinski definition) is 5. The van der Waals surface area contributed by atoms with Crippen LogP contribution in [0.4, 0.5) is 5.69 Å². The van der Waals surface area contributed by atoms with Gasteiger partial charge in [0.15, 0.2) is 0 Å². The highest BCUT2D eigenvalue weighted by atomic mass is 32.2. The predicted octanol–water partition coefficient (Wildman–Crippen LogP) is 0.682. The number of aromatic nitrogens is 1. The molecule has 0 aliphatic heterocycles. The fourth-order valence-electron chi connectivity index (χ4n) is 1.53. The van der Waals surface area contributed by atoms with Crippen molar-refractivity contribution in [2.75, 3.05) is 24.3 Å². The Kier molecular flexibility index (Phi) is 4.77. The third kappa shape index (κ3) is 4.40. The van der Waals surface area contributed by atoms with Gasteiger partial charge in [0.25, 0.3) is 0 Å². The molecule has 0 bridgehead atoms. The molecule has 0 radical (unpaired) electrons. The number of sulfone groups is 1. The van der Waals surface area contributed by atoms with Crippen molar-refractivity contribution in [1.29, 1.82) is 0 Å². The van der Waals surface area contributed by atoms with Crippen LogP contribution in [0, 0.1) is 0 Å². The number of ether oxygens (including phenoxy) is 1. The molecular formula is C11H18N2O4S. The predicted molar refractivity (Wildman–Crippen MR) is 69.1 cm³/mol. The van der Waals surface area contributed by atoms with Gasteiger partial charge in [0.2, 0.25) is 0 Å². The summed E-state index contributed by atoms with van der Waals surface area (Å²) in [7, 11) is -3.01. The number of carbonyl (C=O) groups excluding carboxylic acids is 1. The molecule has 0 amide bonds. The molecule has 6 nitrogen and oxygen atoms in total. The van der Waals surface area contributed by atoms with E-state index in [9.17, 15) is 13.2 Å². The van der Waals surface area contributed by atoms with Crippen molar-refractivity contribution in [3.63, 3.8) is 0 Å². The molecule has 0 aliphatic carbocycles. The van der Waals surface area contributed by atoms with E-state index in [0.717, 1.165) is 6.26 Å². The molecule has 0 aliphatic rings. The van der Waals surface area contributed by atoms with Gasteiger partial charge in [-0.05, 0) is 19.4 Å². The van der Waals surface area contributed by atoms with E-state index in [1.807, 2.05) is 6.92 Å². The number of rotatable bonds is 6. The average molecular weight is 274 g/mol. The van der Waals surface area contributed by atoms with Gasteiger partial charge in [-0.25, -0.2) is 13.2 Å². The van der Waals surface area contributed by atoms with Crippen LogP contribution in [-0.4, -0.2) is 37.6 Å². The van der Waals surface area contributed by atoms with Crippen molar-refractivity contribution in [3.8, 4) is 0 Å². The topological polar surface area (TPSA) is 91.4 Å². The fraction of sp³-hybridized carbons (Fsp3) is 0.545. The normalized spacial score (nSPS) is 11.4. The second-order valence-electron chi connectivity index (χ2n) is 4.06. The van der Waals surface area contributed by atoms with Gasteiger partial charge in [0.1, 0.15) is 15.5 Å². The molecule has 0 atom stereocenters. The second-order valence-corrected chi connectivity index (χ2v) is 6.32. The molecule has 0 unspecified atom stereocenters. The van der Waals surface area contributed by atoms with E-state index in [2.05, 4.69) is 0 Å². The minimum Gasteiger partial charge on any atom is -0.461 e. The summed E-state index contributed by atoms with van der Waals surface area (Å²) in [4.78, 5) is 11.7. The van der Waals surface area contributed by atoms with Crippen molar-refractivity contribution in [2.24, 2.45) is 0 Å². The maximum Gasteiger partial charge on any atom is 0.355 e. The molecule has 1 rings (SSSR count). The highest BCUT2D eigenvalue weighted by Crippen LogP contribution is 2.11. The summed E-state index contributed by atoms with van der Waals surface area (Å²) in [5.41, 5.74) is 6.48. The van der Waals surface area contributed by atoms with Crippen molar-refractivity contribution in [1.82, 2.24) is 4.57 Å². The molecule has 7 heteroatoms. The lowest BCUT2D eigenvalue weighted by atomic mass is 10.4. The highest BCUT2D eigenvalue weighted by molar-refractivity contribution is 7.90. The van der Waals surface area contributed by atoms with Crippen LogP contribution in [0.25, 0.3) is 0 Å². The van der Waals surface area contributed by atoms with E-state index >= 15 is 0 Å². The lowest BCUT2D eigenvalue weighted by Crippen LogP contribution is -2.14. The van der Waals surface area contributed by atoms with Crippen LogP contribution in [0.3, 0.4) is 0 Å². The van der Waals surface area contributed by atoms with Crippen molar-refractivity contribution < 1.29 is 17.9 Å². The summed E-state index contributed by atoms with van der Waals surface area (Å²) in [6.45, 7) is 2.59. The Morgan fingerprint density at radius 1 is 1.50 bits per heavy atom. The zero-order valence-corrected chi connectivity index (χ0v) is 11.4. The lowest BCUT2D eigenvalue weighted by Gasteiger charge is -2.06. The Bertz CT molecular complexity index is 519. The zero-order chi connectivity index (χ0) is 13.8. The Labute approximate surface area is 107 Å². The number of anilines is 1. The molecule has 0 spiro atoms. The number of esters is 1. The monoisotopic (exact) mass is 274 g/mol. The number of nitrogens with two attached hydrogens (primary N) is 1. The lowest BCUT2D eigenvalue weighted by molar-refractivity contribution is 0.0493. The number of aryl methyl sites for hydroxylation is 1. The van der Waals surface area contributed by atoms with Gasteiger partial charge in [-0.15, -0.1) is 0 Å². The maximum absolute atomic E-state index is 11.7. The summed E-state index contributed by atoms with van der Waals surface area (Å²) < 4.78 is 28.5. The van der Waals surface area contributed by atoms with Crippen LogP contribution < -0.4 is 5.73 Å². The van der Waals surface area contributed by atoms with E-state index in [-0.39, 0.29) is 12.4 Å². The number of nitrogen functional groups attached to an aromatic ring is 1. The molecule has 18 heavy (non-hydrogen) atoms. The first kappa shape index (κ1) is 14.6. The van der Waals surface area contributed by atoms with Crippen molar-refractivity contribution in [3.05, 3.63) is 18.0 Å². The van der Waals surface area contributed by atoms with Crippen molar-refractivity contribution >= 4 is 21.5 Å². The molecule has 2 N–H and O–H groups in total. The molecule has 0 saturated carbocycles. The molecular weight excluding hydrogens is 256 g/mol. The third-order valence-electron chi connectivity index (χ3n) is 2.36.